The lowest BCUT2D eigenvalue weighted by Crippen LogP contribution is -2.51. The van der Waals surface area contributed by atoms with E-state index in [1.807, 2.05) is 0 Å². The standard InChI is InChI=1S/C19H26F3N3O2/c1-25-14-2-3-15(25)8-13(7-14)24-19(27)23-9-12(10-26)4-11-5-16(20)18(22)17(21)6-11/h5-6,12-15,26H,2-4,7-10H2,1H3,(H2,23,24,27). The van der Waals surface area contributed by atoms with E-state index in [-0.39, 0.29) is 37.2 Å². The Balaban J connectivity index is 1.47. The average Bonchev–Trinajstić information content (AvgIpc) is 2.83. The van der Waals surface area contributed by atoms with Crippen molar-refractivity contribution in [3.8, 4) is 0 Å². The largest absolute Gasteiger partial charge is 0.396 e. The van der Waals surface area contributed by atoms with Crippen LogP contribution in [0.2, 0.25) is 0 Å². The number of nitrogens with one attached hydrogen (secondary N) is 2. The number of carbonyl (C=O) groups is 1. The number of fused-ring (bicyclic) bond motifs is 2. The number of piperidine rings is 1. The number of halogens is 3. The van der Waals surface area contributed by atoms with Gasteiger partial charge in [0.15, 0.2) is 17.5 Å². The predicted molar refractivity (Wildman–Crippen MR) is 94.7 cm³/mol. The van der Waals surface area contributed by atoms with Crippen molar-refractivity contribution in [2.75, 3.05) is 20.2 Å². The van der Waals surface area contributed by atoms with Crippen molar-refractivity contribution in [1.29, 1.82) is 0 Å². The summed E-state index contributed by atoms with van der Waals surface area (Å²) in [6.45, 7) is -0.109. The molecule has 2 fully saturated rings. The van der Waals surface area contributed by atoms with Gasteiger partial charge in [-0.1, -0.05) is 0 Å². The van der Waals surface area contributed by atoms with E-state index in [0.29, 0.717) is 12.1 Å². The van der Waals surface area contributed by atoms with Crippen LogP contribution in [0.4, 0.5) is 18.0 Å². The monoisotopic (exact) mass is 385 g/mol. The Morgan fingerprint density at radius 1 is 1.22 bits per heavy atom. The molecule has 3 atom stereocenters. The van der Waals surface area contributed by atoms with Crippen LogP contribution in [0.3, 0.4) is 0 Å². The molecule has 1 aromatic rings. The van der Waals surface area contributed by atoms with E-state index < -0.39 is 23.4 Å². The summed E-state index contributed by atoms with van der Waals surface area (Å²) in [7, 11) is 2.13. The minimum Gasteiger partial charge on any atom is -0.396 e. The van der Waals surface area contributed by atoms with E-state index in [1.165, 1.54) is 12.8 Å². The molecule has 2 bridgehead atoms. The maximum Gasteiger partial charge on any atom is 0.315 e. The van der Waals surface area contributed by atoms with Crippen LogP contribution in [0.15, 0.2) is 12.1 Å². The number of nitrogens with zero attached hydrogens (tertiary/aromatic N) is 1. The molecule has 2 aliphatic rings. The van der Waals surface area contributed by atoms with Gasteiger partial charge in [0.2, 0.25) is 0 Å². The molecule has 8 heteroatoms. The molecule has 3 N–H and O–H groups in total. The highest BCUT2D eigenvalue weighted by Gasteiger charge is 2.38. The molecule has 0 saturated carbocycles. The third-order valence-electron chi connectivity index (χ3n) is 5.81. The number of rotatable bonds is 6. The van der Waals surface area contributed by atoms with E-state index in [2.05, 4.69) is 22.6 Å². The van der Waals surface area contributed by atoms with Gasteiger partial charge in [0.1, 0.15) is 0 Å². The van der Waals surface area contributed by atoms with Crippen LogP contribution in [0.5, 0.6) is 0 Å². The summed E-state index contributed by atoms with van der Waals surface area (Å²) >= 11 is 0. The first-order valence-electron chi connectivity index (χ1n) is 9.38. The molecule has 0 spiro atoms. The molecular weight excluding hydrogens is 359 g/mol. The molecule has 5 nitrogen and oxygen atoms in total. The lowest BCUT2D eigenvalue weighted by Gasteiger charge is -2.36. The van der Waals surface area contributed by atoms with Crippen molar-refractivity contribution in [1.82, 2.24) is 15.5 Å². The van der Waals surface area contributed by atoms with E-state index >= 15 is 0 Å². The summed E-state index contributed by atoms with van der Waals surface area (Å²) in [5, 5.41) is 15.2. The Labute approximate surface area is 156 Å². The van der Waals surface area contributed by atoms with Crippen LogP contribution in [0, 0.1) is 23.4 Å². The molecule has 2 amide bonds. The Kier molecular flexibility index (Phi) is 6.26. The van der Waals surface area contributed by atoms with E-state index in [9.17, 15) is 23.1 Å². The van der Waals surface area contributed by atoms with Crippen molar-refractivity contribution >= 4 is 6.03 Å². The van der Waals surface area contributed by atoms with Gasteiger partial charge >= 0.3 is 6.03 Å². The second-order valence-electron chi connectivity index (χ2n) is 7.70. The highest BCUT2D eigenvalue weighted by atomic mass is 19.2. The van der Waals surface area contributed by atoms with Gasteiger partial charge in [-0.25, -0.2) is 18.0 Å². The van der Waals surface area contributed by atoms with Crippen molar-refractivity contribution in [2.24, 2.45) is 5.92 Å². The number of hydrogen-bond donors (Lipinski definition) is 3. The lowest BCUT2D eigenvalue weighted by atomic mass is 9.98. The van der Waals surface area contributed by atoms with Gasteiger partial charge in [0, 0.05) is 37.2 Å². The molecule has 1 aromatic carbocycles. The number of aliphatic hydroxyl groups excluding tert-OH is 1. The molecule has 3 rings (SSSR count). The summed E-state index contributed by atoms with van der Waals surface area (Å²) < 4.78 is 39.6. The summed E-state index contributed by atoms with van der Waals surface area (Å²) in [4.78, 5) is 14.6. The zero-order valence-corrected chi connectivity index (χ0v) is 15.4. The third kappa shape index (κ3) is 4.73. The molecule has 0 aliphatic carbocycles. The van der Waals surface area contributed by atoms with Gasteiger partial charge in [0.25, 0.3) is 0 Å². The minimum absolute atomic E-state index is 0.128. The predicted octanol–water partition coefficient (Wildman–Crippen LogP) is 2.18. The Morgan fingerprint density at radius 2 is 1.81 bits per heavy atom. The van der Waals surface area contributed by atoms with Gasteiger partial charge in [-0.05, 0) is 56.8 Å². The van der Waals surface area contributed by atoms with Crippen molar-refractivity contribution in [3.63, 3.8) is 0 Å². The summed E-state index contributed by atoms with van der Waals surface area (Å²) in [5.41, 5.74) is 0.236. The van der Waals surface area contributed by atoms with Crippen LogP contribution in [0.25, 0.3) is 0 Å². The Bertz CT molecular complexity index is 651. The average molecular weight is 385 g/mol. The van der Waals surface area contributed by atoms with E-state index in [0.717, 1.165) is 25.0 Å². The topological polar surface area (TPSA) is 64.6 Å². The third-order valence-corrected chi connectivity index (χ3v) is 5.81. The molecule has 0 aromatic heterocycles. The SMILES string of the molecule is CN1C2CCC1CC(NC(=O)NCC(CO)Cc1cc(F)c(F)c(F)c1)C2. The molecule has 2 saturated heterocycles. The normalized spacial score (nSPS) is 26.0. The van der Waals surface area contributed by atoms with Crippen LogP contribution < -0.4 is 10.6 Å². The molecule has 150 valence electrons. The Hall–Kier alpha value is -1.80. The first kappa shape index (κ1) is 19.9. The van der Waals surface area contributed by atoms with Crippen molar-refractivity contribution in [2.45, 2.75) is 50.2 Å². The quantitative estimate of drug-likeness (QED) is 0.658. The maximum absolute atomic E-state index is 13.3. The van der Waals surface area contributed by atoms with Gasteiger partial charge in [-0.15, -0.1) is 0 Å². The summed E-state index contributed by atoms with van der Waals surface area (Å²) in [5.74, 6) is -4.45. The number of benzene rings is 1. The summed E-state index contributed by atoms with van der Waals surface area (Å²) in [6, 6.07) is 2.68. The number of aliphatic hydroxyl groups is 1. The maximum atomic E-state index is 13.3. The van der Waals surface area contributed by atoms with E-state index in [1.54, 1.807) is 0 Å². The first-order chi connectivity index (χ1) is 12.9. The number of hydrogen-bond acceptors (Lipinski definition) is 3. The van der Waals surface area contributed by atoms with Crippen LogP contribution in [0.1, 0.15) is 31.2 Å². The second-order valence-corrected chi connectivity index (χ2v) is 7.70. The van der Waals surface area contributed by atoms with E-state index in [4.69, 9.17) is 0 Å². The molecule has 2 heterocycles. The molecule has 27 heavy (non-hydrogen) atoms. The van der Waals surface area contributed by atoms with Crippen LogP contribution in [-0.4, -0.2) is 54.4 Å². The fourth-order valence-corrected chi connectivity index (χ4v) is 4.26. The fraction of sp³-hybridized carbons (Fsp3) is 0.632. The van der Waals surface area contributed by atoms with Gasteiger partial charge in [-0.3, -0.25) is 0 Å². The molecular formula is C19H26F3N3O2. The van der Waals surface area contributed by atoms with Crippen LogP contribution in [-0.2, 0) is 6.42 Å². The van der Waals surface area contributed by atoms with Crippen molar-refractivity contribution in [3.05, 3.63) is 35.1 Å². The second kappa shape index (κ2) is 8.48. The summed E-state index contributed by atoms with van der Waals surface area (Å²) in [6.07, 6.45) is 4.32. The first-order valence-corrected chi connectivity index (χ1v) is 9.38. The van der Waals surface area contributed by atoms with Gasteiger partial charge in [0.05, 0.1) is 0 Å². The number of urea groups is 1. The van der Waals surface area contributed by atoms with Crippen molar-refractivity contribution < 1.29 is 23.1 Å². The lowest BCUT2D eigenvalue weighted by molar-refractivity contribution is 0.149. The number of carbonyl (C=O) groups excluding carboxylic acids is 1. The highest BCUT2D eigenvalue weighted by Crippen LogP contribution is 2.34. The van der Waals surface area contributed by atoms with Gasteiger partial charge < -0.3 is 20.6 Å². The highest BCUT2D eigenvalue weighted by molar-refractivity contribution is 5.74. The zero-order chi connectivity index (χ0) is 19.6. The molecule has 2 aliphatic heterocycles. The molecule has 3 unspecified atom stereocenters. The number of amides is 2. The van der Waals surface area contributed by atoms with Gasteiger partial charge in [-0.2, -0.15) is 0 Å². The van der Waals surface area contributed by atoms with Crippen LogP contribution >= 0.6 is 0 Å². The smallest absolute Gasteiger partial charge is 0.315 e. The Morgan fingerprint density at radius 3 is 2.37 bits per heavy atom. The zero-order valence-electron chi connectivity index (χ0n) is 15.4. The minimum atomic E-state index is -1.51. The fourth-order valence-electron chi connectivity index (χ4n) is 4.26. The molecule has 0 radical (unpaired) electrons.